The van der Waals surface area contributed by atoms with Gasteiger partial charge in [-0.25, -0.2) is 9.37 Å². The average Bonchev–Trinajstić information content (AvgIpc) is 3.37. The lowest BCUT2D eigenvalue weighted by Crippen LogP contribution is -2.09. The minimum Gasteiger partial charge on any atom is -0.493 e. The number of rotatable bonds is 6. The van der Waals surface area contributed by atoms with E-state index in [4.69, 9.17) is 9.47 Å². The average molecular weight is 459 g/mol. The molecule has 0 unspecified atom stereocenters. The van der Waals surface area contributed by atoms with Crippen LogP contribution in [0.2, 0.25) is 0 Å². The molecule has 3 aromatic carbocycles. The van der Waals surface area contributed by atoms with E-state index in [1.165, 1.54) is 35.9 Å². The van der Waals surface area contributed by atoms with Crippen molar-refractivity contribution in [2.75, 3.05) is 13.7 Å². The Kier molecular flexibility index (Phi) is 5.82. The molecular formula is C28H27FN2O3. The summed E-state index contributed by atoms with van der Waals surface area (Å²) in [6, 6.07) is 17.3. The number of halogens is 1. The Bertz CT molecular complexity index is 1390. The molecule has 0 spiro atoms. The monoisotopic (exact) mass is 458 g/mol. The molecule has 0 radical (unpaired) electrons. The van der Waals surface area contributed by atoms with Gasteiger partial charge in [0, 0.05) is 17.5 Å². The Morgan fingerprint density at radius 1 is 1.15 bits per heavy atom. The molecule has 5 rings (SSSR count). The van der Waals surface area contributed by atoms with Gasteiger partial charge in [-0.05, 0) is 67.6 Å². The lowest BCUT2D eigenvalue weighted by Gasteiger charge is -2.15. The van der Waals surface area contributed by atoms with Crippen LogP contribution < -0.4 is 4.74 Å². The molecule has 0 saturated carbocycles. The van der Waals surface area contributed by atoms with E-state index >= 15 is 0 Å². The van der Waals surface area contributed by atoms with Gasteiger partial charge >= 0.3 is 5.97 Å². The fourth-order valence-corrected chi connectivity index (χ4v) is 4.87. The molecule has 0 amide bonds. The first-order valence-electron chi connectivity index (χ1n) is 11.5. The number of carbonyl (C=O) groups excluding carboxylic acids is 1. The Labute approximate surface area is 198 Å². The van der Waals surface area contributed by atoms with E-state index in [2.05, 4.69) is 52.9 Å². The fourth-order valence-electron chi connectivity index (χ4n) is 4.87. The first kappa shape index (κ1) is 22.1. The summed E-state index contributed by atoms with van der Waals surface area (Å²) in [5, 5.41) is 0. The molecular weight excluding hydrogens is 431 g/mol. The van der Waals surface area contributed by atoms with Crippen molar-refractivity contribution in [1.82, 2.24) is 9.55 Å². The predicted octanol–water partition coefficient (Wildman–Crippen LogP) is 5.61. The van der Waals surface area contributed by atoms with Gasteiger partial charge in [-0.15, -0.1) is 0 Å². The van der Waals surface area contributed by atoms with Crippen molar-refractivity contribution in [1.29, 1.82) is 0 Å². The normalized spacial score (nSPS) is 14.8. The summed E-state index contributed by atoms with van der Waals surface area (Å²) in [5.41, 5.74) is 7.33. The van der Waals surface area contributed by atoms with Crippen LogP contribution in [0.25, 0.3) is 16.7 Å². The van der Waals surface area contributed by atoms with Gasteiger partial charge in [0.25, 0.3) is 0 Å². The number of benzene rings is 3. The number of nitrogens with zero attached hydrogens (tertiary/aromatic N) is 2. The Balaban J connectivity index is 1.37. The second-order valence-corrected chi connectivity index (χ2v) is 8.85. The van der Waals surface area contributed by atoms with E-state index in [-0.39, 0.29) is 17.7 Å². The smallest absolute Gasteiger partial charge is 0.306 e. The van der Waals surface area contributed by atoms with Crippen LogP contribution in [0.1, 0.15) is 40.4 Å². The number of aryl methyl sites for hydroxylation is 3. The highest BCUT2D eigenvalue weighted by Crippen LogP contribution is 2.37. The maximum Gasteiger partial charge on any atom is 0.306 e. The fraction of sp³-hybridized carbons (Fsp3) is 0.286. The van der Waals surface area contributed by atoms with Crippen molar-refractivity contribution < 1.29 is 18.7 Å². The molecule has 5 nitrogen and oxygen atoms in total. The minimum atomic E-state index is -0.280. The van der Waals surface area contributed by atoms with Crippen LogP contribution in [0.4, 0.5) is 4.39 Å². The van der Waals surface area contributed by atoms with Crippen LogP contribution in [0, 0.1) is 19.7 Å². The molecule has 0 saturated heterocycles. The highest BCUT2D eigenvalue weighted by molar-refractivity contribution is 5.79. The number of aromatic nitrogens is 2. The molecule has 4 aromatic rings. The molecule has 0 aliphatic carbocycles. The number of fused-ring (bicyclic) bond motifs is 2. The lowest BCUT2D eigenvalue weighted by atomic mass is 9.94. The van der Waals surface area contributed by atoms with E-state index < -0.39 is 0 Å². The number of methoxy groups -OCH3 is 1. The number of imidazole rings is 1. The van der Waals surface area contributed by atoms with E-state index in [9.17, 15) is 9.18 Å². The Morgan fingerprint density at radius 3 is 2.82 bits per heavy atom. The molecule has 1 atom stereocenters. The van der Waals surface area contributed by atoms with Gasteiger partial charge < -0.3 is 9.47 Å². The van der Waals surface area contributed by atoms with Crippen molar-refractivity contribution in [3.05, 3.63) is 88.5 Å². The first-order valence-corrected chi connectivity index (χ1v) is 11.5. The third-order valence-electron chi connectivity index (χ3n) is 6.72. The van der Waals surface area contributed by atoms with Crippen LogP contribution in [-0.4, -0.2) is 29.2 Å². The number of ether oxygens (including phenoxy) is 2. The van der Waals surface area contributed by atoms with Crippen LogP contribution in [0.15, 0.2) is 54.6 Å². The number of hydrogen-bond acceptors (Lipinski definition) is 4. The predicted molar refractivity (Wildman–Crippen MR) is 129 cm³/mol. The van der Waals surface area contributed by atoms with Gasteiger partial charge in [-0.1, -0.05) is 24.3 Å². The Hall–Kier alpha value is -3.67. The van der Waals surface area contributed by atoms with Crippen molar-refractivity contribution in [2.24, 2.45) is 0 Å². The number of esters is 1. The molecule has 0 N–H and O–H groups in total. The SMILES string of the molecule is COC(=O)C[C@@H]1COc2cc(CCc3cccc(-n4c(C)nc5cc(F)ccc54)c3C)ccc21. The van der Waals surface area contributed by atoms with Crippen LogP contribution >= 0.6 is 0 Å². The van der Waals surface area contributed by atoms with Gasteiger partial charge in [-0.3, -0.25) is 9.36 Å². The highest BCUT2D eigenvalue weighted by Gasteiger charge is 2.27. The van der Waals surface area contributed by atoms with Gasteiger partial charge in [0.05, 0.1) is 36.9 Å². The number of hydrogen-bond donors (Lipinski definition) is 0. The molecule has 0 bridgehead atoms. The van der Waals surface area contributed by atoms with Crippen LogP contribution in [0.5, 0.6) is 5.75 Å². The minimum absolute atomic E-state index is 0.0529. The Morgan fingerprint density at radius 2 is 2.00 bits per heavy atom. The summed E-state index contributed by atoms with van der Waals surface area (Å²) >= 11 is 0. The second kappa shape index (κ2) is 8.93. The third-order valence-corrected chi connectivity index (χ3v) is 6.72. The standard InChI is InChI=1S/C28H27FN2O3/c1-17-20(5-4-6-25(17)31-18(2)30-24-15-22(29)10-12-26(24)31)9-7-19-8-11-23-21(14-28(32)33-3)16-34-27(23)13-19/h4-6,8,10-13,15,21H,7,9,14,16H2,1-3H3/t21-/m1/s1. The van der Waals surface area contributed by atoms with Crippen molar-refractivity contribution in [2.45, 2.75) is 39.0 Å². The van der Waals surface area contributed by atoms with Gasteiger partial charge in [0.1, 0.15) is 17.4 Å². The summed E-state index contributed by atoms with van der Waals surface area (Å²) in [5.74, 6) is 1.25. The first-order chi connectivity index (χ1) is 16.4. The summed E-state index contributed by atoms with van der Waals surface area (Å²) < 4.78 is 26.4. The summed E-state index contributed by atoms with van der Waals surface area (Å²) in [6.45, 7) is 4.59. The maximum absolute atomic E-state index is 13.7. The summed E-state index contributed by atoms with van der Waals surface area (Å²) in [4.78, 5) is 16.2. The van der Waals surface area contributed by atoms with Crippen molar-refractivity contribution in [3.8, 4) is 11.4 Å². The van der Waals surface area contributed by atoms with Gasteiger partial charge in [0.15, 0.2) is 0 Å². The molecule has 1 aliphatic rings. The van der Waals surface area contributed by atoms with E-state index in [1.54, 1.807) is 6.07 Å². The lowest BCUT2D eigenvalue weighted by molar-refractivity contribution is -0.141. The summed E-state index contributed by atoms with van der Waals surface area (Å²) in [6.07, 6.45) is 2.09. The molecule has 34 heavy (non-hydrogen) atoms. The molecule has 0 fully saturated rings. The van der Waals surface area contributed by atoms with E-state index in [1.807, 2.05) is 6.92 Å². The van der Waals surface area contributed by atoms with Crippen LogP contribution in [0.3, 0.4) is 0 Å². The van der Waals surface area contributed by atoms with E-state index in [0.717, 1.165) is 41.2 Å². The van der Waals surface area contributed by atoms with Crippen molar-refractivity contribution in [3.63, 3.8) is 0 Å². The van der Waals surface area contributed by atoms with Crippen molar-refractivity contribution >= 4 is 17.0 Å². The van der Waals surface area contributed by atoms with Gasteiger partial charge in [-0.2, -0.15) is 0 Å². The van der Waals surface area contributed by atoms with Gasteiger partial charge in [0.2, 0.25) is 0 Å². The molecule has 174 valence electrons. The third kappa shape index (κ3) is 4.04. The molecule has 1 aliphatic heterocycles. The molecule has 2 heterocycles. The van der Waals surface area contributed by atoms with Crippen LogP contribution in [-0.2, 0) is 22.4 Å². The quantitative estimate of drug-likeness (QED) is 0.353. The van der Waals surface area contributed by atoms with E-state index in [0.29, 0.717) is 18.5 Å². The summed E-state index contributed by atoms with van der Waals surface area (Å²) in [7, 11) is 1.41. The zero-order valence-corrected chi connectivity index (χ0v) is 19.6. The molecule has 1 aromatic heterocycles. The zero-order chi connectivity index (χ0) is 23.8. The molecule has 6 heteroatoms. The maximum atomic E-state index is 13.7. The second-order valence-electron chi connectivity index (χ2n) is 8.85. The highest BCUT2D eigenvalue weighted by atomic mass is 19.1. The largest absolute Gasteiger partial charge is 0.493 e. The topological polar surface area (TPSA) is 53.4 Å². The zero-order valence-electron chi connectivity index (χ0n) is 19.6. The number of carbonyl (C=O) groups is 1.